The standard InChI is InChI=1S/C16H23N3O2/c17-10-11-18-16(21)13-8-4-5-9-14(13)19-15(20)12-6-2-1-3-7-12/h4-5,8-9,12H,1-3,6-7,10-11,17H2,(H,18,21)(H,19,20). The number of para-hydroxylation sites is 1. The first-order valence-corrected chi connectivity index (χ1v) is 7.60. The van der Waals surface area contributed by atoms with Crippen molar-refractivity contribution in [3.8, 4) is 0 Å². The number of anilines is 1. The molecule has 0 aromatic heterocycles. The molecule has 2 rings (SSSR count). The molecule has 2 amide bonds. The zero-order valence-corrected chi connectivity index (χ0v) is 12.2. The Kier molecular flexibility index (Phi) is 5.75. The molecule has 0 atom stereocenters. The summed E-state index contributed by atoms with van der Waals surface area (Å²) in [5.41, 5.74) is 6.44. The predicted molar refractivity (Wildman–Crippen MR) is 83.0 cm³/mol. The monoisotopic (exact) mass is 289 g/mol. The van der Waals surface area contributed by atoms with Gasteiger partial charge in [0.15, 0.2) is 0 Å². The van der Waals surface area contributed by atoms with Crippen LogP contribution < -0.4 is 16.4 Å². The van der Waals surface area contributed by atoms with Crippen LogP contribution in [0.1, 0.15) is 42.5 Å². The lowest BCUT2D eigenvalue weighted by atomic mass is 9.88. The lowest BCUT2D eigenvalue weighted by molar-refractivity contribution is -0.120. The molecule has 1 saturated carbocycles. The Hall–Kier alpha value is -1.88. The lowest BCUT2D eigenvalue weighted by Gasteiger charge is -2.21. The van der Waals surface area contributed by atoms with Gasteiger partial charge in [-0.1, -0.05) is 31.4 Å². The van der Waals surface area contributed by atoms with Gasteiger partial charge in [0.1, 0.15) is 0 Å². The third-order valence-corrected chi connectivity index (χ3v) is 3.84. The van der Waals surface area contributed by atoms with Crippen LogP contribution in [0.2, 0.25) is 0 Å². The van der Waals surface area contributed by atoms with Gasteiger partial charge in [-0.3, -0.25) is 9.59 Å². The van der Waals surface area contributed by atoms with Gasteiger partial charge in [0, 0.05) is 19.0 Å². The molecule has 0 radical (unpaired) electrons. The molecule has 0 unspecified atom stereocenters. The molecule has 1 aromatic carbocycles. The van der Waals surface area contributed by atoms with Gasteiger partial charge in [0.2, 0.25) is 5.91 Å². The van der Waals surface area contributed by atoms with E-state index < -0.39 is 0 Å². The summed E-state index contributed by atoms with van der Waals surface area (Å²) in [7, 11) is 0. The molecule has 0 bridgehead atoms. The van der Waals surface area contributed by atoms with Crippen molar-refractivity contribution in [2.45, 2.75) is 32.1 Å². The average Bonchev–Trinajstić information content (AvgIpc) is 2.54. The summed E-state index contributed by atoms with van der Waals surface area (Å²) in [5, 5.41) is 5.63. The van der Waals surface area contributed by atoms with Crippen molar-refractivity contribution >= 4 is 17.5 Å². The van der Waals surface area contributed by atoms with Gasteiger partial charge in [-0.2, -0.15) is 0 Å². The molecule has 1 fully saturated rings. The molecule has 1 aromatic rings. The van der Waals surface area contributed by atoms with E-state index in [0.717, 1.165) is 25.7 Å². The van der Waals surface area contributed by atoms with Gasteiger partial charge in [-0.05, 0) is 25.0 Å². The molecular weight excluding hydrogens is 266 g/mol. The lowest BCUT2D eigenvalue weighted by Crippen LogP contribution is -2.31. The highest BCUT2D eigenvalue weighted by atomic mass is 16.2. The van der Waals surface area contributed by atoms with Crippen LogP contribution in [0, 0.1) is 5.92 Å². The van der Waals surface area contributed by atoms with Crippen molar-refractivity contribution in [2.24, 2.45) is 11.7 Å². The van der Waals surface area contributed by atoms with Crippen molar-refractivity contribution in [1.82, 2.24) is 5.32 Å². The van der Waals surface area contributed by atoms with E-state index in [-0.39, 0.29) is 17.7 Å². The maximum Gasteiger partial charge on any atom is 0.253 e. The minimum atomic E-state index is -0.208. The number of carbonyl (C=O) groups excluding carboxylic acids is 2. The van der Waals surface area contributed by atoms with E-state index in [1.165, 1.54) is 6.42 Å². The Bertz CT molecular complexity index is 496. The molecule has 1 aliphatic rings. The van der Waals surface area contributed by atoms with E-state index in [0.29, 0.717) is 24.3 Å². The maximum atomic E-state index is 12.3. The zero-order valence-electron chi connectivity index (χ0n) is 12.2. The van der Waals surface area contributed by atoms with Crippen molar-refractivity contribution in [1.29, 1.82) is 0 Å². The highest BCUT2D eigenvalue weighted by molar-refractivity contribution is 6.04. The molecule has 0 aliphatic heterocycles. The Morgan fingerprint density at radius 2 is 1.86 bits per heavy atom. The smallest absolute Gasteiger partial charge is 0.253 e. The second-order valence-corrected chi connectivity index (χ2v) is 5.41. The molecular formula is C16H23N3O2. The van der Waals surface area contributed by atoms with Crippen molar-refractivity contribution < 1.29 is 9.59 Å². The third kappa shape index (κ3) is 4.29. The fraction of sp³-hybridized carbons (Fsp3) is 0.500. The first kappa shape index (κ1) is 15.5. The number of amides is 2. The molecule has 4 N–H and O–H groups in total. The fourth-order valence-corrected chi connectivity index (χ4v) is 2.67. The molecule has 114 valence electrons. The predicted octanol–water partition coefficient (Wildman–Crippen LogP) is 1.89. The minimum Gasteiger partial charge on any atom is -0.351 e. The summed E-state index contributed by atoms with van der Waals surface area (Å²) < 4.78 is 0. The molecule has 0 saturated heterocycles. The first-order valence-electron chi connectivity index (χ1n) is 7.60. The van der Waals surface area contributed by atoms with Crippen LogP contribution in [0.4, 0.5) is 5.69 Å². The molecule has 0 heterocycles. The highest BCUT2D eigenvalue weighted by Crippen LogP contribution is 2.25. The molecule has 5 nitrogen and oxygen atoms in total. The normalized spacial score (nSPS) is 15.5. The molecule has 0 spiro atoms. The van der Waals surface area contributed by atoms with Crippen LogP contribution in [0.15, 0.2) is 24.3 Å². The Morgan fingerprint density at radius 1 is 1.14 bits per heavy atom. The highest BCUT2D eigenvalue weighted by Gasteiger charge is 2.22. The molecule has 1 aliphatic carbocycles. The largest absolute Gasteiger partial charge is 0.351 e. The van der Waals surface area contributed by atoms with Crippen LogP contribution in [-0.4, -0.2) is 24.9 Å². The van der Waals surface area contributed by atoms with Crippen LogP contribution in [-0.2, 0) is 4.79 Å². The van der Waals surface area contributed by atoms with Crippen LogP contribution >= 0.6 is 0 Å². The number of benzene rings is 1. The second-order valence-electron chi connectivity index (χ2n) is 5.41. The van der Waals surface area contributed by atoms with Crippen LogP contribution in [0.5, 0.6) is 0 Å². The van der Waals surface area contributed by atoms with Gasteiger partial charge < -0.3 is 16.4 Å². The number of nitrogens with one attached hydrogen (secondary N) is 2. The molecule has 21 heavy (non-hydrogen) atoms. The number of hydrogen-bond acceptors (Lipinski definition) is 3. The van der Waals surface area contributed by atoms with Crippen molar-refractivity contribution in [3.63, 3.8) is 0 Å². The number of hydrogen-bond donors (Lipinski definition) is 3. The van der Waals surface area contributed by atoms with E-state index in [4.69, 9.17) is 5.73 Å². The summed E-state index contributed by atoms with van der Waals surface area (Å²) in [6, 6.07) is 7.07. The number of rotatable bonds is 5. The van der Waals surface area contributed by atoms with Gasteiger partial charge in [0.05, 0.1) is 11.3 Å². The number of carbonyl (C=O) groups is 2. The van der Waals surface area contributed by atoms with Gasteiger partial charge in [-0.15, -0.1) is 0 Å². The van der Waals surface area contributed by atoms with E-state index in [9.17, 15) is 9.59 Å². The van der Waals surface area contributed by atoms with E-state index in [1.807, 2.05) is 6.07 Å². The van der Waals surface area contributed by atoms with Crippen LogP contribution in [0.25, 0.3) is 0 Å². The Morgan fingerprint density at radius 3 is 2.57 bits per heavy atom. The third-order valence-electron chi connectivity index (χ3n) is 3.84. The Labute approximate surface area is 125 Å². The zero-order chi connectivity index (χ0) is 15.1. The Balaban J connectivity index is 2.05. The maximum absolute atomic E-state index is 12.3. The van der Waals surface area contributed by atoms with E-state index in [1.54, 1.807) is 18.2 Å². The quantitative estimate of drug-likeness (QED) is 0.774. The summed E-state index contributed by atoms with van der Waals surface area (Å²) >= 11 is 0. The SMILES string of the molecule is NCCNC(=O)c1ccccc1NC(=O)C1CCCCC1. The number of nitrogens with two attached hydrogens (primary N) is 1. The summed E-state index contributed by atoms with van der Waals surface area (Å²) in [5.74, 6) is -0.118. The molecule has 5 heteroatoms. The summed E-state index contributed by atoms with van der Waals surface area (Å²) in [6.07, 6.45) is 5.30. The van der Waals surface area contributed by atoms with Crippen molar-refractivity contribution in [2.75, 3.05) is 18.4 Å². The van der Waals surface area contributed by atoms with Crippen LogP contribution in [0.3, 0.4) is 0 Å². The van der Waals surface area contributed by atoms with E-state index in [2.05, 4.69) is 10.6 Å². The summed E-state index contributed by atoms with van der Waals surface area (Å²) in [4.78, 5) is 24.4. The topological polar surface area (TPSA) is 84.2 Å². The van der Waals surface area contributed by atoms with Crippen molar-refractivity contribution in [3.05, 3.63) is 29.8 Å². The van der Waals surface area contributed by atoms with Gasteiger partial charge in [-0.25, -0.2) is 0 Å². The summed E-state index contributed by atoms with van der Waals surface area (Å²) in [6.45, 7) is 0.812. The average molecular weight is 289 g/mol. The van der Waals surface area contributed by atoms with Gasteiger partial charge >= 0.3 is 0 Å². The van der Waals surface area contributed by atoms with Gasteiger partial charge in [0.25, 0.3) is 5.91 Å². The van der Waals surface area contributed by atoms with E-state index >= 15 is 0 Å². The fourth-order valence-electron chi connectivity index (χ4n) is 2.67. The minimum absolute atomic E-state index is 0.0220. The first-order chi connectivity index (χ1) is 10.2. The second kappa shape index (κ2) is 7.78.